The molecule has 0 spiro atoms. The van der Waals surface area contributed by atoms with Crippen LogP contribution in [0.5, 0.6) is 17.2 Å². The first-order valence-electron chi connectivity index (χ1n) is 21.1. The molecule has 62 heavy (non-hydrogen) atoms. The van der Waals surface area contributed by atoms with E-state index in [9.17, 15) is 5.11 Å². The van der Waals surface area contributed by atoms with Gasteiger partial charge in [-0.3, -0.25) is 4.79 Å². The quantitative estimate of drug-likeness (QED) is 0.0789. The van der Waals surface area contributed by atoms with Gasteiger partial charge < -0.3 is 29.4 Å². The Hall–Kier alpha value is -7.16. The van der Waals surface area contributed by atoms with Gasteiger partial charge in [-0.2, -0.15) is 0 Å². The molecule has 0 fully saturated rings. The van der Waals surface area contributed by atoms with Gasteiger partial charge in [-0.25, -0.2) is 4.99 Å². The number of ether oxygens (including phenoxy) is 4. The van der Waals surface area contributed by atoms with E-state index in [1.54, 1.807) is 0 Å². The molecule has 2 atom stereocenters. The number of aliphatic hydroxyl groups is 1. The summed E-state index contributed by atoms with van der Waals surface area (Å²) in [5.41, 5.74) is 6.43. The number of hydrogen-bond acceptors (Lipinski definition) is 7. The van der Waals surface area contributed by atoms with Gasteiger partial charge in [-0.1, -0.05) is 152 Å². The number of carbonyl (C=O) groups is 1. The highest BCUT2D eigenvalue weighted by Gasteiger charge is 2.53. The summed E-state index contributed by atoms with van der Waals surface area (Å²) in [6.07, 6.45) is 0.653. The van der Waals surface area contributed by atoms with E-state index in [0.717, 1.165) is 44.5 Å². The minimum Gasteiger partial charge on any atom is -0.494 e. The standard InChI is InChI=1S/C54H50N2O6/c57-34-13-35-59-48-29-27-47(28-30-48)52-56-54(37-41-14-5-1-6-15-41,51(62-52)46-25-23-45(24-26-46)44-20-11-4-12-21-44)53(58)55-33-32-40-22-31-49(60-38-42-16-7-2-8-17-42)50(36-40)61-39-43-18-9-3-10-19-43/h1-12,14-31,36,51,57H,13,32-35,37-39H2,(H,55,58)/t51-,54-/m1/s1. The molecule has 1 aliphatic rings. The van der Waals surface area contributed by atoms with E-state index < -0.39 is 11.6 Å². The lowest BCUT2D eigenvalue weighted by atomic mass is 9.81. The van der Waals surface area contributed by atoms with Gasteiger partial charge in [0.1, 0.15) is 19.0 Å². The Balaban J connectivity index is 1.07. The average molecular weight is 823 g/mol. The van der Waals surface area contributed by atoms with Crippen molar-refractivity contribution in [3.8, 4) is 28.4 Å². The summed E-state index contributed by atoms with van der Waals surface area (Å²) in [6, 6.07) is 61.9. The minimum absolute atomic E-state index is 0.0582. The van der Waals surface area contributed by atoms with Crippen LogP contribution in [-0.4, -0.2) is 42.2 Å². The van der Waals surface area contributed by atoms with E-state index in [2.05, 4.69) is 29.6 Å². The number of aliphatic imine (C=N–C) groups is 1. The maximum Gasteiger partial charge on any atom is 0.252 e. The van der Waals surface area contributed by atoms with Crippen LogP contribution >= 0.6 is 0 Å². The number of nitrogens with zero attached hydrogens (tertiary/aromatic N) is 1. The van der Waals surface area contributed by atoms with E-state index in [4.69, 9.17) is 23.9 Å². The van der Waals surface area contributed by atoms with Crippen LogP contribution in [0.15, 0.2) is 193 Å². The fraction of sp³-hybridized carbons (Fsp3) is 0.185. The molecule has 8 nitrogen and oxygen atoms in total. The van der Waals surface area contributed by atoms with Crippen molar-refractivity contribution in [2.45, 2.75) is 44.1 Å². The summed E-state index contributed by atoms with van der Waals surface area (Å²) < 4.78 is 25.3. The topological polar surface area (TPSA) is 98.6 Å². The number of hydrogen-bond donors (Lipinski definition) is 2. The second-order valence-corrected chi connectivity index (χ2v) is 15.3. The number of carbonyl (C=O) groups excluding carboxylic acids is 1. The van der Waals surface area contributed by atoms with E-state index in [1.165, 1.54) is 0 Å². The number of nitrogens with one attached hydrogen (secondary N) is 1. The smallest absolute Gasteiger partial charge is 0.252 e. The van der Waals surface area contributed by atoms with Gasteiger partial charge in [0.15, 0.2) is 23.1 Å². The predicted molar refractivity (Wildman–Crippen MR) is 243 cm³/mol. The molecule has 8 heteroatoms. The molecule has 1 amide bonds. The molecule has 1 heterocycles. The Morgan fingerprint density at radius 2 is 1.16 bits per heavy atom. The van der Waals surface area contributed by atoms with Crippen molar-refractivity contribution in [3.05, 3.63) is 221 Å². The molecule has 0 saturated carbocycles. The van der Waals surface area contributed by atoms with Crippen molar-refractivity contribution in [1.82, 2.24) is 5.32 Å². The van der Waals surface area contributed by atoms with E-state index >= 15 is 4.79 Å². The Bertz CT molecular complexity index is 2520. The lowest BCUT2D eigenvalue weighted by Crippen LogP contribution is -2.50. The highest BCUT2D eigenvalue weighted by atomic mass is 16.5. The van der Waals surface area contributed by atoms with E-state index in [1.807, 2.05) is 164 Å². The molecule has 0 radical (unpaired) electrons. The molecule has 0 saturated heterocycles. The Morgan fingerprint density at radius 3 is 1.79 bits per heavy atom. The van der Waals surface area contributed by atoms with Crippen molar-refractivity contribution in [3.63, 3.8) is 0 Å². The van der Waals surface area contributed by atoms with Crippen LogP contribution in [0.2, 0.25) is 0 Å². The van der Waals surface area contributed by atoms with E-state index in [0.29, 0.717) is 68.8 Å². The summed E-state index contributed by atoms with van der Waals surface area (Å²) in [4.78, 5) is 20.3. The highest BCUT2D eigenvalue weighted by molar-refractivity contribution is 6.01. The van der Waals surface area contributed by atoms with Crippen LogP contribution < -0.4 is 19.5 Å². The van der Waals surface area contributed by atoms with Crippen LogP contribution in [-0.2, 0) is 35.6 Å². The lowest BCUT2D eigenvalue weighted by Gasteiger charge is -2.31. The van der Waals surface area contributed by atoms with Gasteiger partial charge >= 0.3 is 0 Å². The molecule has 2 N–H and O–H groups in total. The van der Waals surface area contributed by atoms with Crippen LogP contribution in [0.25, 0.3) is 11.1 Å². The summed E-state index contributed by atoms with van der Waals surface area (Å²) in [5, 5.41) is 12.5. The van der Waals surface area contributed by atoms with Gasteiger partial charge in [0, 0.05) is 31.6 Å². The molecule has 0 unspecified atom stereocenters. The number of aliphatic hydroxyl groups excluding tert-OH is 1. The third kappa shape index (κ3) is 10.4. The van der Waals surface area contributed by atoms with Crippen molar-refractivity contribution >= 4 is 11.8 Å². The zero-order chi connectivity index (χ0) is 42.4. The van der Waals surface area contributed by atoms with Gasteiger partial charge in [0.25, 0.3) is 5.91 Å². The van der Waals surface area contributed by atoms with Gasteiger partial charge in [-0.15, -0.1) is 0 Å². The molecule has 1 aliphatic heterocycles. The Kier molecular flexibility index (Phi) is 13.7. The van der Waals surface area contributed by atoms with Crippen LogP contribution in [0.1, 0.15) is 45.9 Å². The molecular weight excluding hydrogens is 773 g/mol. The molecule has 312 valence electrons. The molecule has 0 bridgehead atoms. The van der Waals surface area contributed by atoms with Crippen LogP contribution in [0, 0.1) is 0 Å². The molecule has 0 aliphatic carbocycles. The largest absolute Gasteiger partial charge is 0.494 e. The monoisotopic (exact) mass is 822 g/mol. The first-order chi connectivity index (χ1) is 30.6. The number of rotatable bonds is 19. The molecule has 7 aromatic carbocycles. The lowest BCUT2D eigenvalue weighted by molar-refractivity contribution is -0.128. The molecule has 8 rings (SSSR count). The third-order valence-corrected chi connectivity index (χ3v) is 10.8. The van der Waals surface area contributed by atoms with E-state index in [-0.39, 0.29) is 12.5 Å². The second kappa shape index (κ2) is 20.4. The van der Waals surface area contributed by atoms with Gasteiger partial charge in [0.2, 0.25) is 5.90 Å². The maximum absolute atomic E-state index is 15.0. The third-order valence-electron chi connectivity index (χ3n) is 10.8. The Labute approximate surface area is 363 Å². The highest BCUT2D eigenvalue weighted by Crippen LogP contribution is 2.43. The Morgan fingerprint density at radius 1 is 0.597 bits per heavy atom. The SMILES string of the molecule is O=C(NCCc1ccc(OCc2ccccc2)c(OCc2ccccc2)c1)[C@]1(Cc2ccccc2)N=C(c2ccc(OCCCO)cc2)O[C@@H]1c1ccc(-c2ccccc2)cc1. The van der Waals surface area contributed by atoms with Crippen molar-refractivity contribution < 1.29 is 28.8 Å². The van der Waals surface area contributed by atoms with Crippen LogP contribution in [0.4, 0.5) is 0 Å². The van der Waals surface area contributed by atoms with Crippen molar-refractivity contribution in [2.24, 2.45) is 4.99 Å². The average Bonchev–Trinajstić information content (AvgIpc) is 3.72. The summed E-state index contributed by atoms with van der Waals surface area (Å²) in [5.74, 6) is 2.10. The van der Waals surface area contributed by atoms with Gasteiger partial charge in [-0.05, 0) is 81.8 Å². The van der Waals surface area contributed by atoms with Crippen LogP contribution in [0.3, 0.4) is 0 Å². The minimum atomic E-state index is -1.35. The van der Waals surface area contributed by atoms with Gasteiger partial charge in [0.05, 0.1) is 6.61 Å². The molecule has 0 aromatic heterocycles. The maximum atomic E-state index is 15.0. The number of amides is 1. The summed E-state index contributed by atoms with van der Waals surface area (Å²) >= 11 is 0. The fourth-order valence-electron chi connectivity index (χ4n) is 7.55. The summed E-state index contributed by atoms with van der Waals surface area (Å²) in [6.45, 7) is 1.61. The molecular formula is C54H50N2O6. The summed E-state index contributed by atoms with van der Waals surface area (Å²) in [7, 11) is 0. The molecule has 7 aromatic rings. The van der Waals surface area contributed by atoms with Crippen molar-refractivity contribution in [1.29, 1.82) is 0 Å². The van der Waals surface area contributed by atoms with Crippen molar-refractivity contribution in [2.75, 3.05) is 19.8 Å². The normalized spacial score (nSPS) is 15.6. The predicted octanol–water partition coefficient (Wildman–Crippen LogP) is 10.1. The zero-order valence-corrected chi connectivity index (χ0v) is 34.6. The fourth-order valence-corrected chi connectivity index (χ4v) is 7.55. The second-order valence-electron chi connectivity index (χ2n) is 15.3. The first kappa shape index (κ1) is 41.6. The zero-order valence-electron chi connectivity index (χ0n) is 34.6. The number of benzene rings is 7. The first-order valence-corrected chi connectivity index (χ1v) is 21.1.